The van der Waals surface area contributed by atoms with Crippen LogP contribution in [0.2, 0.25) is 0 Å². The Morgan fingerprint density at radius 3 is 2.79 bits per heavy atom. The quantitative estimate of drug-likeness (QED) is 0.759. The highest BCUT2D eigenvalue weighted by Gasteiger charge is 2.53. The first-order valence-electron chi connectivity index (χ1n) is 6.59. The summed E-state index contributed by atoms with van der Waals surface area (Å²) in [7, 11) is 1.43. The van der Waals surface area contributed by atoms with Crippen molar-refractivity contribution in [1.82, 2.24) is 0 Å². The first kappa shape index (κ1) is 12.2. The molecule has 0 bridgehead atoms. The topological polar surface area (TPSA) is 41.9 Å². The third-order valence-electron chi connectivity index (χ3n) is 4.34. The number of aliphatic imine (C=N–C) groups is 1. The van der Waals surface area contributed by atoms with Crippen molar-refractivity contribution >= 4 is 17.9 Å². The van der Waals surface area contributed by atoms with E-state index in [0.717, 1.165) is 13.1 Å². The number of hydrogen-bond donors (Lipinski definition) is 0. The number of anilines is 1. The Balaban J connectivity index is 1.83. The minimum atomic E-state index is -0.719. The fourth-order valence-corrected chi connectivity index (χ4v) is 3.18. The lowest BCUT2D eigenvalue weighted by Gasteiger charge is -2.26. The summed E-state index contributed by atoms with van der Waals surface area (Å²) in [5, 5.41) is 0. The molecule has 19 heavy (non-hydrogen) atoms. The molecule has 100 valence electrons. The fourth-order valence-electron chi connectivity index (χ4n) is 3.18. The van der Waals surface area contributed by atoms with E-state index in [-0.39, 0.29) is 11.9 Å². The molecular weight excluding hydrogens is 240 g/mol. The normalized spacial score (nSPS) is 32.4. The molecule has 0 N–H and O–H groups in total. The van der Waals surface area contributed by atoms with Gasteiger partial charge in [0.25, 0.3) is 0 Å². The van der Waals surface area contributed by atoms with E-state index in [1.54, 1.807) is 0 Å². The van der Waals surface area contributed by atoms with Gasteiger partial charge in [-0.3, -0.25) is 4.99 Å². The molecule has 1 aromatic rings. The number of esters is 1. The van der Waals surface area contributed by atoms with Crippen molar-refractivity contribution in [3.05, 3.63) is 30.3 Å². The lowest BCUT2D eigenvalue weighted by atomic mass is 9.83. The summed E-state index contributed by atoms with van der Waals surface area (Å²) in [5.41, 5.74) is 0.487. The molecule has 1 aromatic carbocycles. The van der Waals surface area contributed by atoms with Gasteiger partial charge in [0.15, 0.2) is 5.54 Å². The van der Waals surface area contributed by atoms with Crippen molar-refractivity contribution in [2.24, 2.45) is 16.8 Å². The largest absolute Gasteiger partial charge is 0.467 e. The molecule has 0 saturated carbocycles. The molecule has 4 nitrogen and oxygen atoms in total. The number of rotatable bonds is 2. The molecule has 0 aliphatic carbocycles. The molecule has 2 aliphatic rings. The van der Waals surface area contributed by atoms with Crippen LogP contribution in [0.1, 0.15) is 6.92 Å². The second-order valence-corrected chi connectivity index (χ2v) is 5.43. The van der Waals surface area contributed by atoms with Crippen molar-refractivity contribution in [2.45, 2.75) is 12.5 Å². The molecule has 1 saturated heterocycles. The number of hydrogen-bond acceptors (Lipinski definition) is 4. The molecule has 3 atom stereocenters. The Bertz CT molecular complexity index is 514. The van der Waals surface area contributed by atoms with E-state index in [4.69, 9.17) is 4.74 Å². The Morgan fingerprint density at radius 1 is 1.37 bits per heavy atom. The maximum atomic E-state index is 12.0. The molecule has 2 heterocycles. The van der Waals surface area contributed by atoms with Gasteiger partial charge < -0.3 is 9.64 Å². The van der Waals surface area contributed by atoms with E-state index in [2.05, 4.69) is 22.0 Å². The van der Waals surface area contributed by atoms with Crippen molar-refractivity contribution in [3.8, 4) is 0 Å². The van der Waals surface area contributed by atoms with Crippen LogP contribution in [0.15, 0.2) is 35.3 Å². The van der Waals surface area contributed by atoms with Crippen LogP contribution in [0.5, 0.6) is 0 Å². The molecular formula is C15H18N2O2. The minimum Gasteiger partial charge on any atom is -0.467 e. The van der Waals surface area contributed by atoms with Crippen molar-refractivity contribution in [3.63, 3.8) is 0 Å². The number of carbonyl (C=O) groups excluding carboxylic acids is 1. The molecule has 3 rings (SSSR count). The monoisotopic (exact) mass is 258 g/mol. The summed E-state index contributed by atoms with van der Waals surface area (Å²) in [5.74, 6) is 0.315. The van der Waals surface area contributed by atoms with Gasteiger partial charge in [-0.15, -0.1) is 0 Å². The van der Waals surface area contributed by atoms with Gasteiger partial charge in [0.05, 0.1) is 7.11 Å². The predicted molar refractivity (Wildman–Crippen MR) is 74.5 cm³/mol. The van der Waals surface area contributed by atoms with Crippen LogP contribution in [0.4, 0.5) is 5.69 Å². The second kappa shape index (κ2) is 4.37. The first-order valence-corrected chi connectivity index (χ1v) is 6.59. The van der Waals surface area contributed by atoms with Gasteiger partial charge in [-0.25, -0.2) is 4.79 Å². The Hall–Kier alpha value is -1.84. The third kappa shape index (κ3) is 1.82. The van der Waals surface area contributed by atoms with Crippen LogP contribution in [-0.4, -0.2) is 37.9 Å². The zero-order chi connectivity index (χ0) is 13.5. The van der Waals surface area contributed by atoms with Gasteiger partial charge in [0, 0.05) is 36.8 Å². The molecule has 0 amide bonds. The zero-order valence-corrected chi connectivity index (χ0v) is 11.2. The summed E-state index contributed by atoms with van der Waals surface area (Å²) >= 11 is 0. The first-order chi connectivity index (χ1) is 9.15. The number of ether oxygens (including phenoxy) is 1. The van der Waals surface area contributed by atoms with E-state index in [0.29, 0.717) is 5.92 Å². The SMILES string of the molecule is COC(=O)[C@]1(C)N=C[C@@H]2CN(c3ccccc3)C[C@@H]21. The molecule has 0 unspecified atom stereocenters. The van der Waals surface area contributed by atoms with Crippen LogP contribution in [0, 0.1) is 11.8 Å². The standard InChI is InChI=1S/C15H18N2O2/c1-15(14(18)19-2)13-10-17(9-11(13)8-16-15)12-6-4-3-5-7-12/h3-8,11,13H,9-10H2,1-2H3/t11-,13+,15-/m1/s1. The third-order valence-corrected chi connectivity index (χ3v) is 4.34. The van der Waals surface area contributed by atoms with E-state index < -0.39 is 5.54 Å². The molecule has 0 spiro atoms. The highest BCUT2D eigenvalue weighted by molar-refractivity contribution is 5.87. The maximum Gasteiger partial charge on any atom is 0.333 e. The molecule has 1 fully saturated rings. The number of nitrogens with zero attached hydrogens (tertiary/aromatic N) is 2. The highest BCUT2D eigenvalue weighted by Crippen LogP contribution is 2.41. The van der Waals surface area contributed by atoms with Crippen molar-refractivity contribution in [1.29, 1.82) is 0 Å². The molecule has 0 radical (unpaired) electrons. The number of fused-ring (bicyclic) bond motifs is 1. The summed E-state index contributed by atoms with van der Waals surface area (Å²) in [4.78, 5) is 18.7. The van der Waals surface area contributed by atoms with E-state index in [9.17, 15) is 4.79 Å². The smallest absolute Gasteiger partial charge is 0.333 e. The lowest BCUT2D eigenvalue weighted by molar-refractivity contribution is -0.147. The van der Waals surface area contributed by atoms with Gasteiger partial charge in [-0.05, 0) is 19.1 Å². The van der Waals surface area contributed by atoms with Crippen LogP contribution in [0.25, 0.3) is 0 Å². The molecule has 4 heteroatoms. The van der Waals surface area contributed by atoms with Crippen LogP contribution < -0.4 is 4.90 Å². The molecule has 0 aromatic heterocycles. The van der Waals surface area contributed by atoms with E-state index in [1.807, 2.05) is 31.3 Å². The number of carbonyl (C=O) groups is 1. The predicted octanol–water partition coefficient (Wildman–Crippen LogP) is 1.76. The average Bonchev–Trinajstić information content (AvgIpc) is 3.01. The highest BCUT2D eigenvalue weighted by atomic mass is 16.5. The van der Waals surface area contributed by atoms with E-state index in [1.165, 1.54) is 12.8 Å². The van der Waals surface area contributed by atoms with Gasteiger partial charge in [-0.1, -0.05) is 18.2 Å². The minimum absolute atomic E-state index is 0.208. The summed E-state index contributed by atoms with van der Waals surface area (Å²) in [6.07, 6.45) is 1.94. The number of para-hydroxylation sites is 1. The molecule has 2 aliphatic heterocycles. The van der Waals surface area contributed by atoms with Crippen molar-refractivity contribution < 1.29 is 9.53 Å². The number of benzene rings is 1. The second-order valence-electron chi connectivity index (χ2n) is 5.43. The summed E-state index contributed by atoms with van der Waals surface area (Å²) < 4.78 is 4.92. The van der Waals surface area contributed by atoms with Crippen LogP contribution in [0.3, 0.4) is 0 Å². The van der Waals surface area contributed by atoms with Gasteiger partial charge in [-0.2, -0.15) is 0 Å². The van der Waals surface area contributed by atoms with Crippen molar-refractivity contribution in [2.75, 3.05) is 25.1 Å². The van der Waals surface area contributed by atoms with Gasteiger partial charge in [0.1, 0.15) is 0 Å². The Kier molecular flexibility index (Phi) is 2.81. The summed E-state index contributed by atoms with van der Waals surface area (Å²) in [6, 6.07) is 10.3. The maximum absolute atomic E-state index is 12.0. The summed E-state index contributed by atoms with van der Waals surface area (Å²) in [6.45, 7) is 3.65. The average molecular weight is 258 g/mol. The van der Waals surface area contributed by atoms with E-state index >= 15 is 0 Å². The fraction of sp³-hybridized carbons (Fsp3) is 0.467. The number of methoxy groups -OCH3 is 1. The van der Waals surface area contributed by atoms with Gasteiger partial charge >= 0.3 is 5.97 Å². The Labute approximate surface area is 113 Å². The zero-order valence-electron chi connectivity index (χ0n) is 11.2. The van der Waals surface area contributed by atoms with Crippen LogP contribution >= 0.6 is 0 Å². The van der Waals surface area contributed by atoms with Gasteiger partial charge in [0.2, 0.25) is 0 Å². The lowest BCUT2D eigenvalue weighted by Crippen LogP contribution is -2.42. The Morgan fingerprint density at radius 2 is 2.11 bits per heavy atom. The van der Waals surface area contributed by atoms with Crippen LogP contribution in [-0.2, 0) is 9.53 Å².